The first kappa shape index (κ1) is 7.90. The molecule has 13 heavy (non-hydrogen) atoms. The van der Waals surface area contributed by atoms with Crippen LogP contribution in [0.2, 0.25) is 0 Å². The van der Waals surface area contributed by atoms with Crippen LogP contribution in [-0.4, -0.2) is 10.2 Å². The maximum atomic E-state index is 8.58. The van der Waals surface area contributed by atoms with Gasteiger partial charge >= 0.3 is 0 Å². The molecule has 0 aliphatic heterocycles. The van der Waals surface area contributed by atoms with Crippen LogP contribution in [0.25, 0.3) is 10.6 Å². The number of aromatic nitrogens is 2. The Hall–Kier alpha value is -1.73. The van der Waals surface area contributed by atoms with E-state index in [2.05, 4.69) is 16.3 Å². The monoisotopic (exact) mass is 187 g/mol. The Labute approximate surface area is 79.3 Å². The Bertz CT molecular complexity index is 425. The molecule has 0 N–H and O–H groups in total. The molecule has 1 aromatic carbocycles. The second-order valence-corrected chi connectivity index (χ2v) is 3.27. The fraction of sp³-hybridized carbons (Fsp3) is 0. The molecule has 0 bridgehead atoms. The smallest absolute Gasteiger partial charge is 0.147 e. The third-order valence-electron chi connectivity index (χ3n) is 1.62. The highest BCUT2D eigenvalue weighted by Gasteiger charge is 1.99. The first-order chi connectivity index (χ1) is 6.40. The van der Waals surface area contributed by atoms with Gasteiger partial charge in [-0.25, -0.2) is 0 Å². The highest BCUT2D eigenvalue weighted by molar-refractivity contribution is 7.12. The van der Waals surface area contributed by atoms with Crippen LogP contribution < -0.4 is 0 Å². The summed E-state index contributed by atoms with van der Waals surface area (Å²) < 4.78 is 0. The topological polar surface area (TPSA) is 49.6 Å². The van der Waals surface area contributed by atoms with Crippen molar-refractivity contribution in [3.63, 3.8) is 0 Å². The molecule has 0 saturated heterocycles. The molecule has 0 aliphatic carbocycles. The maximum absolute atomic E-state index is 8.58. The fourth-order valence-electron chi connectivity index (χ4n) is 0.986. The predicted molar refractivity (Wildman–Crippen MR) is 50.1 cm³/mol. The minimum absolute atomic E-state index is 0.660. The number of hydrogen-bond acceptors (Lipinski definition) is 4. The van der Waals surface area contributed by atoms with E-state index in [9.17, 15) is 0 Å². The van der Waals surface area contributed by atoms with Crippen molar-refractivity contribution in [1.82, 2.24) is 10.2 Å². The lowest BCUT2D eigenvalue weighted by molar-refractivity contribution is 1.10. The molecule has 0 aliphatic rings. The van der Waals surface area contributed by atoms with Gasteiger partial charge in [-0.1, -0.05) is 23.5 Å². The predicted octanol–water partition coefficient (Wildman–Crippen LogP) is 2.08. The molecule has 3 nitrogen and oxygen atoms in total. The van der Waals surface area contributed by atoms with E-state index in [1.54, 1.807) is 17.6 Å². The van der Waals surface area contributed by atoms with E-state index in [4.69, 9.17) is 5.26 Å². The number of benzene rings is 1. The Morgan fingerprint density at radius 3 is 2.54 bits per heavy atom. The van der Waals surface area contributed by atoms with Gasteiger partial charge in [0.05, 0.1) is 11.6 Å². The Morgan fingerprint density at radius 2 is 2.00 bits per heavy atom. The minimum Gasteiger partial charge on any atom is -0.192 e. The molecule has 0 spiro atoms. The van der Waals surface area contributed by atoms with E-state index >= 15 is 0 Å². The van der Waals surface area contributed by atoms with E-state index in [-0.39, 0.29) is 0 Å². The normalized spacial score (nSPS) is 9.46. The summed E-state index contributed by atoms with van der Waals surface area (Å²) in [7, 11) is 0. The van der Waals surface area contributed by atoms with Crippen LogP contribution in [0.4, 0.5) is 0 Å². The molecular formula is C9H5N3S. The quantitative estimate of drug-likeness (QED) is 0.686. The van der Waals surface area contributed by atoms with Crippen molar-refractivity contribution in [2.75, 3.05) is 0 Å². The van der Waals surface area contributed by atoms with Crippen LogP contribution in [0.5, 0.6) is 0 Å². The zero-order valence-electron chi connectivity index (χ0n) is 6.64. The van der Waals surface area contributed by atoms with Crippen LogP contribution in [0.1, 0.15) is 5.56 Å². The lowest BCUT2D eigenvalue weighted by atomic mass is 10.2. The summed E-state index contributed by atoms with van der Waals surface area (Å²) in [6, 6.07) is 9.36. The molecule has 0 radical (unpaired) electrons. The molecule has 0 unspecified atom stereocenters. The molecule has 0 fully saturated rings. The van der Waals surface area contributed by atoms with Crippen molar-refractivity contribution >= 4 is 11.3 Å². The third kappa shape index (κ3) is 1.55. The molecule has 62 valence electrons. The molecule has 1 aromatic heterocycles. The molecule has 0 amide bonds. The van der Waals surface area contributed by atoms with E-state index in [0.717, 1.165) is 10.6 Å². The van der Waals surface area contributed by atoms with E-state index < -0.39 is 0 Å². The molecule has 1 heterocycles. The zero-order valence-corrected chi connectivity index (χ0v) is 7.45. The number of nitriles is 1. The maximum Gasteiger partial charge on any atom is 0.147 e. The Balaban J connectivity index is 2.40. The minimum atomic E-state index is 0.660. The highest BCUT2D eigenvalue weighted by atomic mass is 32.1. The van der Waals surface area contributed by atoms with Gasteiger partial charge in [-0.2, -0.15) is 5.26 Å². The molecule has 2 rings (SSSR count). The van der Waals surface area contributed by atoms with Gasteiger partial charge < -0.3 is 0 Å². The lowest BCUT2D eigenvalue weighted by Crippen LogP contribution is -1.77. The summed E-state index contributed by atoms with van der Waals surface area (Å²) in [6.07, 6.45) is 0. The molecule has 0 atom stereocenters. The van der Waals surface area contributed by atoms with E-state index in [1.165, 1.54) is 11.3 Å². The van der Waals surface area contributed by atoms with Crippen LogP contribution in [-0.2, 0) is 0 Å². The SMILES string of the molecule is N#Cc1ccc(-c2nncs2)cc1. The van der Waals surface area contributed by atoms with Crippen LogP contribution >= 0.6 is 11.3 Å². The van der Waals surface area contributed by atoms with Crippen molar-refractivity contribution in [1.29, 1.82) is 5.26 Å². The van der Waals surface area contributed by atoms with Gasteiger partial charge in [-0.05, 0) is 12.1 Å². The number of rotatable bonds is 1. The Morgan fingerprint density at radius 1 is 1.23 bits per heavy atom. The van der Waals surface area contributed by atoms with Crippen LogP contribution in [0.3, 0.4) is 0 Å². The molecular weight excluding hydrogens is 182 g/mol. The first-order valence-corrected chi connectivity index (χ1v) is 4.55. The second kappa shape index (κ2) is 3.33. The van der Waals surface area contributed by atoms with Crippen molar-refractivity contribution in [3.05, 3.63) is 35.3 Å². The highest BCUT2D eigenvalue weighted by Crippen LogP contribution is 2.20. The average molecular weight is 187 g/mol. The second-order valence-electron chi connectivity index (χ2n) is 2.43. The summed E-state index contributed by atoms with van der Waals surface area (Å²) >= 11 is 1.48. The van der Waals surface area contributed by atoms with Crippen LogP contribution in [0, 0.1) is 11.3 Å². The average Bonchev–Trinajstić information content (AvgIpc) is 2.71. The van der Waals surface area contributed by atoms with E-state index in [0.29, 0.717) is 5.56 Å². The van der Waals surface area contributed by atoms with Crippen molar-refractivity contribution in [2.45, 2.75) is 0 Å². The van der Waals surface area contributed by atoms with Gasteiger partial charge in [0.15, 0.2) is 0 Å². The Kier molecular flexibility index (Phi) is 2.02. The molecule has 0 saturated carbocycles. The summed E-state index contributed by atoms with van der Waals surface area (Å²) in [4.78, 5) is 0. The van der Waals surface area contributed by atoms with Crippen LogP contribution in [0.15, 0.2) is 29.8 Å². The fourth-order valence-corrected chi connectivity index (χ4v) is 1.55. The number of nitrogens with zero attached hydrogens (tertiary/aromatic N) is 3. The first-order valence-electron chi connectivity index (χ1n) is 3.67. The standard InChI is InChI=1S/C9H5N3S/c10-5-7-1-3-8(4-2-7)9-12-11-6-13-9/h1-4,6H. The van der Waals surface area contributed by atoms with Crippen molar-refractivity contribution < 1.29 is 0 Å². The van der Waals surface area contributed by atoms with Gasteiger partial charge in [0.25, 0.3) is 0 Å². The molecule has 4 heteroatoms. The van der Waals surface area contributed by atoms with Crippen molar-refractivity contribution in [3.8, 4) is 16.6 Å². The van der Waals surface area contributed by atoms with E-state index in [1.807, 2.05) is 12.1 Å². The van der Waals surface area contributed by atoms with Crippen molar-refractivity contribution in [2.24, 2.45) is 0 Å². The van der Waals surface area contributed by atoms with Gasteiger partial charge in [0, 0.05) is 5.56 Å². The van der Waals surface area contributed by atoms with Gasteiger partial charge in [0.1, 0.15) is 10.5 Å². The summed E-state index contributed by atoms with van der Waals surface area (Å²) in [5, 5.41) is 17.1. The van der Waals surface area contributed by atoms with Gasteiger partial charge in [-0.15, -0.1) is 10.2 Å². The summed E-state index contributed by atoms with van der Waals surface area (Å²) in [6.45, 7) is 0. The largest absolute Gasteiger partial charge is 0.192 e. The third-order valence-corrected chi connectivity index (χ3v) is 2.36. The number of hydrogen-bond donors (Lipinski definition) is 0. The summed E-state index contributed by atoms with van der Waals surface area (Å²) in [5.74, 6) is 0. The lowest BCUT2D eigenvalue weighted by Gasteiger charge is -1.93. The molecule has 2 aromatic rings. The summed E-state index contributed by atoms with van der Waals surface area (Å²) in [5.41, 5.74) is 3.35. The zero-order chi connectivity index (χ0) is 9.10. The van der Waals surface area contributed by atoms with Gasteiger partial charge in [-0.3, -0.25) is 0 Å². The van der Waals surface area contributed by atoms with Gasteiger partial charge in [0.2, 0.25) is 0 Å².